The number of carboxylic acid groups (broad SMARTS) is 1. The summed E-state index contributed by atoms with van der Waals surface area (Å²) in [5, 5.41) is 11.8. The van der Waals surface area contributed by atoms with Crippen LogP contribution in [-0.2, 0) is 9.59 Å². The van der Waals surface area contributed by atoms with E-state index in [0.29, 0.717) is 17.7 Å². The number of carbonyl (C=O) groups excluding carboxylic acids is 1. The molecule has 5 nitrogen and oxygen atoms in total. The van der Waals surface area contributed by atoms with E-state index in [9.17, 15) is 9.59 Å². The van der Waals surface area contributed by atoms with Crippen molar-refractivity contribution in [3.63, 3.8) is 0 Å². The number of hydrogen-bond donors (Lipinski definition) is 2. The SMILES string of the molecule is COc1ccc(N[C@H](C(=O)O)[C@@H](C)C=O)cc1. The van der Waals surface area contributed by atoms with Crippen molar-refractivity contribution in [3.8, 4) is 5.75 Å². The highest BCUT2D eigenvalue weighted by atomic mass is 16.5. The lowest BCUT2D eigenvalue weighted by Crippen LogP contribution is -2.36. The Hall–Kier alpha value is -2.04. The highest BCUT2D eigenvalue weighted by molar-refractivity contribution is 5.81. The largest absolute Gasteiger partial charge is 0.497 e. The summed E-state index contributed by atoms with van der Waals surface area (Å²) in [5.41, 5.74) is 0.631. The minimum Gasteiger partial charge on any atom is -0.497 e. The van der Waals surface area contributed by atoms with Gasteiger partial charge in [0.05, 0.1) is 7.11 Å². The molecule has 0 saturated carbocycles. The lowest BCUT2D eigenvalue weighted by Gasteiger charge is -2.18. The van der Waals surface area contributed by atoms with Crippen LogP contribution < -0.4 is 10.1 Å². The van der Waals surface area contributed by atoms with Crippen LogP contribution in [-0.4, -0.2) is 30.5 Å². The van der Waals surface area contributed by atoms with Crippen molar-refractivity contribution in [2.75, 3.05) is 12.4 Å². The number of nitrogens with one attached hydrogen (secondary N) is 1. The fourth-order valence-electron chi connectivity index (χ4n) is 1.36. The van der Waals surface area contributed by atoms with Crippen molar-refractivity contribution in [2.24, 2.45) is 5.92 Å². The van der Waals surface area contributed by atoms with E-state index >= 15 is 0 Å². The Morgan fingerprint density at radius 1 is 1.41 bits per heavy atom. The smallest absolute Gasteiger partial charge is 0.326 e. The lowest BCUT2D eigenvalue weighted by atomic mass is 10.0. The summed E-state index contributed by atoms with van der Waals surface area (Å²) < 4.78 is 4.99. The topological polar surface area (TPSA) is 75.6 Å². The van der Waals surface area contributed by atoms with Gasteiger partial charge in [-0.3, -0.25) is 0 Å². The molecular weight excluding hydrogens is 222 g/mol. The van der Waals surface area contributed by atoms with Crippen LogP contribution in [0.25, 0.3) is 0 Å². The number of aldehydes is 1. The predicted molar refractivity (Wildman–Crippen MR) is 63.3 cm³/mol. The second-order valence-corrected chi connectivity index (χ2v) is 3.68. The molecule has 1 rings (SSSR count). The van der Waals surface area contributed by atoms with Crippen LogP contribution in [0.1, 0.15) is 6.92 Å². The maximum Gasteiger partial charge on any atom is 0.326 e. The van der Waals surface area contributed by atoms with Gasteiger partial charge in [-0.15, -0.1) is 0 Å². The number of aliphatic carboxylic acids is 1. The minimum atomic E-state index is -1.06. The molecule has 1 aromatic rings. The van der Waals surface area contributed by atoms with Crippen LogP contribution in [0.3, 0.4) is 0 Å². The van der Waals surface area contributed by atoms with E-state index < -0.39 is 17.9 Å². The van der Waals surface area contributed by atoms with Gasteiger partial charge >= 0.3 is 5.97 Å². The standard InChI is InChI=1S/C12H15NO4/c1-8(7-14)11(12(15)16)13-9-3-5-10(17-2)6-4-9/h3-8,11,13H,1-2H3,(H,15,16)/t8-,11-/m0/s1. The number of hydrogen-bond acceptors (Lipinski definition) is 4. The Morgan fingerprint density at radius 3 is 2.41 bits per heavy atom. The summed E-state index contributed by atoms with van der Waals surface area (Å²) in [4.78, 5) is 21.6. The van der Waals surface area contributed by atoms with Gasteiger partial charge in [-0.1, -0.05) is 6.92 Å². The van der Waals surface area contributed by atoms with Crippen molar-refractivity contribution < 1.29 is 19.4 Å². The molecule has 5 heteroatoms. The molecule has 17 heavy (non-hydrogen) atoms. The van der Waals surface area contributed by atoms with Crippen molar-refractivity contribution in [2.45, 2.75) is 13.0 Å². The first-order valence-corrected chi connectivity index (χ1v) is 5.17. The van der Waals surface area contributed by atoms with Crippen LogP contribution in [0, 0.1) is 5.92 Å². The average molecular weight is 237 g/mol. The van der Waals surface area contributed by atoms with Gasteiger partial charge in [-0.05, 0) is 24.3 Å². The Kier molecular flexibility index (Phi) is 4.51. The normalized spacial score (nSPS) is 13.5. The van der Waals surface area contributed by atoms with Gasteiger partial charge in [0.25, 0.3) is 0 Å². The van der Waals surface area contributed by atoms with Crippen LogP contribution >= 0.6 is 0 Å². The number of methoxy groups -OCH3 is 1. The van der Waals surface area contributed by atoms with E-state index in [-0.39, 0.29) is 0 Å². The molecule has 0 saturated heterocycles. The monoisotopic (exact) mass is 237 g/mol. The van der Waals surface area contributed by atoms with Gasteiger partial charge in [-0.2, -0.15) is 0 Å². The van der Waals surface area contributed by atoms with E-state index in [2.05, 4.69) is 5.32 Å². The number of rotatable bonds is 6. The van der Waals surface area contributed by atoms with E-state index in [1.165, 1.54) is 0 Å². The Morgan fingerprint density at radius 2 is 2.00 bits per heavy atom. The molecule has 0 aliphatic rings. The lowest BCUT2D eigenvalue weighted by molar-refractivity contribution is -0.140. The Balaban J connectivity index is 2.78. The molecular formula is C12H15NO4. The summed E-state index contributed by atoms with van der Waals surface area (Å²) in [7, 11) is 1.55. The quantitative estimate of drug-likeness (QED) is 0.731. The first kappa shape index (κ1) is 13.0. The molecule has 0 amide bonds. The number of ether oxygens (including phenoxy) is 1. The first-order valence-electron chi connectivity index (χ1n) is 5.17. The highest BCUT2D eigenvalue weighted by Crippen LogP contribution is 2.17. The summed E-state index contributed by atoms with van der Waals surface area (Å²) in [5.74, 6) is -0.971. The number of benzene rings is 1. The van der Waals surface area contributed by atoms with E-state index in [1.807, 2.05) is 0 Å². The molecule has 2 atom stereocenters. The van der Waals surface area contributed by atoms with Gasteiger partial charge in [0, 0.05) is 11.6 Å². The summed E-state index contributed by atoms with van der Waals surface area (Å²) in [6, 6.07) is 5.90. The van der Waals surface area contributed by atoms with Gasteiger partial charge in [-0.25, -0.2) is 4.79 Å². The molecule has 0 heterocycles. The molecule has 0 aliphatic heterocycles. The van der Waals surface area contributed by atoms with Crippen LogP contribution in [0.15, 0.2) is 24.3 Å². The van der Waals surface area contributed by atoms with Crippen LogP contribution in [0.5, 0.6) is 5.75 Å². The highest BCUT2D eigenvalue weighted by Gasteiger charge is 2.23. The van der Waals surface area contributed by atoms with E-state index in [1.54, 1.807) is 38.3 Å². The zero-order chi connectivity index (χ0) is 12.8. The van der Waals surface area contributed by atoms with Gasteiger partial charge in [0.2, 0.25) is 0 Å². The van der Waals surface area contributed by atoms with Gasteiger partial charge in [0.1, 0.15) is 18.1 Å². The number of carboxylic acids is 1. The molecule has 0 unspecified atom stereocenters. The second-order valence-electron chi connectivity index (χ2n) is 3.68. The molecule has 0 aromatic heterocycles. The molecule has 0 radical (unpaired) electrons. The van der Waals surface area contributed by atoms with E-state index in [0.717, 1.165) is 0 Å². The van der Waals surface area contributed by atoms with Crippen molar-refractivity contribution >= 4 is 17.9 Å². The number of carbonyl (C=O) groups is 2. The van der Waals surface area contributed by atoms with Crippen molar-refractivity contribution in [1.29, 1.82) is 0 Å². The van der Waals surface area contributed by atoms with Crippen LogP contribution in [0.4, 0.5) is 5.69 Å². The molecule has 92 valence electrons. The molecule has 1 aromatic carbocycles. The first-order chi connectivity index (χ1) is 8.08. The van der Waals surface area contributed by atoms with Crippen molar-refractivity contribution in [3.05, 3.63) is 24.3 Å². The predicted octanol–water partition coefficient (Wildman–Crippen LogP) is 1.40. The molecule has 0 bridgehead atoms. The van der Waals surface area contributed by atoms with Gasteiger partial charge < -0.3 is 20.0 Å². The fraction of sp³-hybridized carbons (Fsp3) is 0.333. The van der Waals surface area contributed by atoms with Crippen LogP contribution in [0.2, 0.25) is 0 Å². The maximum absolute atomic E-state index is 11.0. The zero-order valence-electron chi connectivity index (χ0n) is 9.71. The number of anilines is 1. The average Bonchev–Trinajstić information content (AvgIpc) is 2.35. The second kappa shape index (κ2) is 5.89. The maximum atomic E-state index is 11.0. The fourth-order valence-corrected chi connectivity index (χ4v) is 1.36. The minimum absolute atomic E-state index is 0.602. The molecule has 0 aliphatic carbocycles. The third-order valence-corrected chi connectivity index (χ3v) is 2.42. The zero-order valence-corrected chi connectivity index (χ0v) is 9.71. The molecule has 0 spiro atoms. The van der Waals surface area contributed by atoms with E-state index in [4.69, 9.17) is 9.84 Å². The summed E-state index contributed by atoms with van der Waals surface area (Å²) in [6.45, 7) is 1.56. The van der Waals surface area contributed by atoms with Gasteiger partial charge in [0.15, 0.2) is 0 Å². The van der Waals surface area contributed by atoms with Crippen molar-refractivity contribution in [1.82, 2.24) is 0 Å². The summed E-state index contributed by atoms with van der Waals surface area (Å²) in [6.07, 6.45) is 0.620. The summed E-state index contributed by atoms with van der Waals surface area (Å²) >= 11 is 0. The Bertz CT molecular complexity index is 388. The molecule has 0 fully saturated rings. The third kappa shape index (κ3) is 3.48. The Labute approximate surface area is 99.4 Å². The third-order valence-electron chi connectivity index (χ3n) is 2.42. The molecule has 2 N–H and O–H groups in total.